The first-order valence-electron chi connectivity index (χ1n) is 12.4. The number of nitrogens with zero attached hydrogens (tertiary/aromatic N) is 1. The van der Waals surface area contributed by atoms with Crippen molar-refractivity contribution in [2.45, 2.75) is 32.9 Å². The third-order valence-corrected chi connectivity index (χ3v) is 6.58. The Morgan fingerprint density at radius 2 is 1.65 bits per heavy atom. The average Bonchev–Trinajstić information content (AvgIpc) is 3.41. The van der Waals surface area contributed by atoms with Crippen LogP contribution in [0.15, 0.2) is 78.2 Å². The topological polar surface area (TPSA) is 147 Å². The molecule has 2 aromatic heterocycles. The smallest absolute Gasteiger partial charge is 0.357 e. The number of hydrogen-bond acceptors (Lipinski definition) is 7. The van der Waals surface area contributed by atoms with E-state index < -0.39 is 23.3 Å². The summed E-state index contributed by atoms with van der Waals surface area (Å²) in [5.41, 5.74) is 7.53. The number of thiophene rings is 1. The number of amidine groups is 1. The number of anilines is 1. The molecule has 0 radical (unpaired) electrons. The second kappa shape index (κ2) is 11.9. The van der Waals surface area contributed by atoms with Crippen molar-refractivity contribution in [3.05, 3.63) is 106 Å². The lowest BCUT2D eigenvalue weighted by Crippen LogP contribution is -2.41. The fourth-order valence-electron chi connectivity index (χ4n) is 3.75. The van der Waals surface area contributed by atoms with Crippen LogP contribution in [0.3, 0.4) is 0 Å². The van der Waals surface area contributed by atoms with Crippen LogP contribution in [0, 0.1) is 5.41 Å². The lowest BCUT2D eigenvalue weighted by molar-refractivity contribution is 0.0466. The SMILES string of the molecule is CC(C)(C)NC(=O)c1ccc(-c2sccc2C(=O)Nc2ccc(C(=N)N)cc2)c(C(=O)OCc2ccccc2)n1. The summed E-state index contributed by atoms with van der Waals surface area (Å²) in [4.78, 5) is 44.3. The molecule has 0 aliphatic rings. The highest BCUT2D eigenvalue weighted by atomic mass is 32.1. The summed E-state index contributed by atoms with van der Waals surface area (Å²) in [6.45, 7) is 5.56. The van der Waals surface area contributed by atoms with Gasteiger partial charge in [0.05, 0.1) is 5.56 Å². The Labute approximate surface area is 235 Å². The number of benzene rings is 2. The van der Waals surface area contributed by atoms with Crippen LogP contribution >= 0.6 is 11.3 Å². The minimum atomic E-state index is -0.719. The normalized spacial score (nSPS) is 11.0. The number of hydrogen-bond donors (Lipinski definition) is 4. The molecule has 9 nitrogen and oxygen atoms in total. The van der Waals surface area contributed by atoms with Gasteiger partial charge in [-0.2, -0.15) is 0 Å². The predicted molar refractivity (Wildman–Crippen MR) is 156 cm³/mol. The van der Waals surface area contributed by atoms with Gasteiger partial charge in [-0.05, 0) is 74.2 Å². The van der Waals surface area contributed by atoms with Crippen molar-refractivity contribution >= 4 is 40.6 Å². The average molecular weight is 556 g/mol. The molecule has 0 atom stereocenters. The molecule has 0 saturated heterocycles. The van der Waals surface area contributed by atoms with Crippen LogP contribution in [0.4, 0.5) is 5.69 Å². The zero-order valence-electron chi connectivity index (χ0n) is 22.3. The minimum Gasteiger partial charge on any atom is -0.456 e. The van der Waals surface area contributed by atoms with Crippen molar-refractivity contribution in [1.29, 1.82) is 5.41 Å². The fraction of sp³-hybridized carbons (Fsp3) is 0.167. The molecule has 5 N–H and O–H groups in total. The van der Waals surface area contributed by atoms with Crippen LogP contribution in [-0.4, -0.2) is 34.1 Å². The lowest BCUT2D eigenvalue weighted by Gasteiger charge is -2.20. The zero-order chi connectivity index (χ0) is 28.9. The Kier molecular flexibility index (Phi) is 8.40. The van der Waals surface area contributed by atoms with Crippen molar-refractivity contribution in [2.24, 2.45) is 5.73 Å². The van der Waals surface area contributed by atoms with Crippen molar-refractivity contribution < 1.29 is 19.1 Å². The maximum Gasteiger partial charge on any atom is 0.357 e. The van der Waals surface area contributed by atoms with Gasteiger partial charge in [-0.1, -0.05) is 30.3 Å². The van der Waals surface area contributed by atoms with Gasteiger partial charge in [0.1, 0.15) is 18.1 Å². The number of nitrogens with two attached hydrogens (primary N) is 1. The summed E-state index contributed by atoms with van der Waals surface area (Å²) in [6, 6.07) is 20.6. The lowest BCUT2D eigenvalue weighted by atomic mass is 10.1. The maximum absolute atomic E-state index is 13.3. The second-order valence-corrected chi connectivity index (χ2v) is 10.9. The van der Waals surface area contributed by atoms with Crippen LogP contribution < -0.4 is 16.4 Å². The summed E-state index contributed by atoms with van der Waals surface area (Å²) < 4.78 is 5.56. The molecule has 0 aliphatic heterocycles. The van der Waals surface area contributed by atoms with Crippen molar-refractivity contribution in [1.82, 2.24) is 10.3 Å². The molecule has 2 heterocycles. The van der Waals surface area contributed by atoms with Gasteiger partial charge < -0.3 is 21.1 Å². The highest BCUT2D eigenvalue weighted by Gasteiger charge is 2.25. The fourth-order valence-corrected chi connectivity index (χ4v) is 4.67. The number of ether oxygens (including phenoxy) is 1. The Hall–Kier alpha value is -4.83. The van der Waals surface area contributed by atoms with E-state index in [0.29, 0.717) is 27.3 Å². The molecule has 0 saturated carbocycles. The zero-order valence-corrected chi connectivity index (χ0v) is 23.1. The Morgan fingerprint density at radius 3 is 2.30 bits per heavy atom. The third kappa shape index (κ3) is 6.97. The van der Waals surface area contributed by atoms with Gasteiger partial charge in [-0.15, -0.1) is 11.3 Å². The van der Waals surface area contributed by atoms with Gasteiger partial charge >= 0.3 is 5.97 Å². The molecule has 0 aliphatic carbocycles. The number of amides is 2. The van der Waals surface area contributed by atoms with E-state index in [9.17, 15) is 14.4 Å². The monoisotopic (exact) mass is 555 g/mol. The molecule has 4 rings (SSSR count). The first-order chi connectivity index (χ1) is 19.0. The van der Waals surface area contributed by atoms with E-state index >= 15 is 0 Å². The van der Waals surface area contributed by atoms with Crippen LogP contribution in [0.25, 0.3) is 10.4 Å². The summed E-state index contributed by atoms with van der Waals surface area (Å²) in [5, 5.41) is 14.9. The molecule has 2 aromatic carbocycles. The van der Waals surface area contributed by atoms with E-state index in [1.807, 2.05) is 51.1 Å². The van der Waals surface area contributed by atoms with Gasteiger partial charge in [-0.3, -0.25) is 15.0 Å². The number of pyridine rings is 1. The van der Waals surface area contributed by atoms with Crippen LogP contribution in [0.5, 0.6) is 0 Å². The number of nitrogens with one attached hydrogen (secondary N) is 3. The van der Waals surface area contributed by atoms with E-state index in [2.05, 4.69) is 15.6 Å². The van der Waals surface area contributed by atoms with Crippen molar-refractivity contribution in [3.8, 4) is 10.4 Å². The highest BCUT2D eigenvalue weighted by molar-refractivity contribution is 7.14. The number of carbonyl (C=O) groups is 3. The number of nitrogen functional groups attached to an aromatic ring is 1. The van der Waals surface area contributed by atoms with E-state index in [1.165, 1.54) is 17.4 Å². The van der Waals surface area contributed by atoms with Crippen LogP contribution in [0.2, 0.25) is 0 Å². The van der Waals surface area contributed by atoms with Crippen molar-refractivity contribution in [2.75, 3.05) is 5.32 Å². The molecule has 40 heavy (non-hydrogen) atoms. The first-order valence-corrected chi connectivity index (χ1v) is 13.3. The predicted octanol–water partition coefficient (Wildman–Crippen LogP) is 5.23. The summed E-state index contributed by atoms with van der Waals surface area (Å²) in [6.07, 6.45) is 0. The van der Waals surface area contributed by atoms with E-state index in [4.69, 9.17) is 15.9 Å². The molecular weight excluding hydrogens is 526 g/mol. The number of aromatic nitrogens is 1. The maximum atomic E-state index is 13.3. The highest BCUT2D eigenvalue weighted by Crippen LogP contribution is 2.33. The van der Waals surface area contributed by atoms with E-state index in [-0.39, 0.29) is 23.8 Å². The van der Waals surface area contributed by atoms with E-state index in [0.717, 1.165) is 5.56 Å². The molecule has 0 fully saturated rings. The molecule has 10 heteroatoms. The summed E-state index contributed by atoms with van der Waals surface area (Å²) in [7, 11) is 0. The molecule has 0 bridgehead atoms. The molecule has 0 unspecified atom stereocenters. The number of carbonyl (C=O) groups excluding carboxylic acids is 3. The van der Waals surface area contributed by atoms with Gasteiger partial charge in [0.2, 0.25) is 0 Å². The standard InChI is InChI=1S/C30H29N5O4S/c1-30(2,3)35-28(37)23-14-13-21(24(34-23)29(38)39-17-18-7-5-4-6-8-18)25-22(15-16-40-25)27(36)33-20-11-9-19(10-12-20)26(31)32/h4-16H,17H2,1-3H3,(H3,31,32)(H,33,36)(H,35,37). The quantitative estimate of drug-likeness (QED) is 0.133. The Morgan fingerprint density at radius 1 is 0.950 bits per heavy atom. The van der Waals surface area contributed by atoms with Crippen LogP contribution in [-0.2, 0) is 11.3 Å². The van der Waals surface area contributed by atoms with E-state index in [1.54, 1.807) is 41.8 Å². The Balaban J connectivity index is 1.67. The largest absolute Gasteiger partial charge is 0.456 e. The molecule has 4 aromatic rings. The number of rotatable bonds is 8. The Bertz CT molecular complexity index is 1560. The minimum absolute atomic E-state index is 0.0211. The van der Waals surface area contributed by atoms with Gasteiger partial charge in [-0.25, -0.2) is 9.78 Å². The van der Waals surface area contributed by atoms with Crippen LogP contribution in [0.1, 0.15) is 63.2 Å². The summed E-state index contributed by atoms with van der Waals surface area (Å²) >= 11 is 1.26. The van der Waals surface area contributed by atoms with Gasteiger partial charge in [0, 0.05) is 27.2 Å². The third-order valence-electron chi connectivity index (χ3n) is 5.63. The van der Waals surface area contributed by atoms with Gasteiger partial charge in [0.15, 0.2) is 5.69 Å². The molecule has 0 spiro atoms. The molecular formula is C30H29N5O4S. The number of esters is 1. The van der Waals surface area contributed by atoms with Gasteiger partial charge in [0.25, 0.3) is 11.8 Å². The van der Waals surface area contributed by atoms with Crippen molar-refractivity contribution in [3.63, 3.8) is 0 Å². The summed E-state index contributed by atoms with van der Waals surface area (Å²) in [5.74, 6) is -1.63. The second-order valence-electron chi connectivity index (χ2n) is 9.97. The molecule has 204 valence electrons. The molecule has 2 amide bonds. The first kappa shape index (κ1) is 28.2.